The van der Waals surface area contributed by atoms with E-state index in [4.69, 9.17) is 5.73 Å². The van der Waals surface area contributed by atoms with Crippen molar-refractivity contribution in [1.29, 1.82) is 0 Å². The molecule has 1 atom stereocenters. The van der Waals surface area contributed by atoms with Crippen LogP contribution in [0.15, 0.2) is 36.4 Å². The molecule has 1 aliphatic rings. The molecule has 0 radical (unpaired) electrons. The fourth-order valence-electron chi connectivity index (χ4n) is 4.41. The lowest BCUT2D eigenvalue weighted by molar-refractivity contribution is -0.142. The van der Waals surface area contributed by atoms with Crippen molar-refractivity contribution in [3.63, 3.8) is 0 Å². The van der Waals surface area contributed by atoms with Gasteiger partial charge in [-0.15, -0.1) is 11.3 Å². The molecule has 2 amide bonds. The third-order valence-corrected chi connectivity index (χ3v) is 7.67. The van der Waals surface area contributed by atoms with Crippen LogP contribution in [0.4, 0.5) is 36.4 Å². The van der Waals surface area contributed by atoms with E-state index in [1.807, 2.05) is 0 Å². The number of alkyl halides is 6. The summed E-state index contributed by atoms with van der Waals surface area (Å²) in [4.78, 5) is 28.7. The fraction of sp³-hybridized carbons (Fsp3) is 0.308. The van der Waals surface area contributed by atoms with Crippen LogP contribution in [0.2, 0.25) is 0 Å². The molecule has 1 unspecified atom stereocenters. The van der Waals surface area contributed by atoms with Crippen molar-refractivity contribution in [2.45, 2.75) is 44.6 Å². The number of halogens is 7. The van der Waals surface area contributed by atoms with Crippen molar-refractivity contribution in [3.8, 4) is 11.1 Å². The number of carbonyl (C=O) groups excluding carboxylic acids is 2. The number of pyridine rings is 1. The number of nitrogens with two attached hydrogens (primary N) is 1. The molecule has 41 heavy (non-hydrogen) atoms. The van der Waals surface area contributed by atoms with E-state index in [9.17, 15) is 40.3 Å². The van der Waals surface area contributed by atoms with Gasteiger partial charge in [-0.1, -0.05) is 19.1 Å². The molecule has 7 nitrogen and oxygen atoms in total. The average molecular weight is 600 g/mol. The molecular weight excluding hydrogens is 579 g/mol. The van der Waals surface area contributed by atoms with E-state index in [1.165, 1.54) is 19.1 Å². The van der Waals surface area contributed by atoms with Gasteiger partial charge in [0.15, 0.2) is 5.69 Å². The molecule has 4 aromatic rings. The van der Waals surface area contributed by atoms with E-state index < -0.39 is 47.3 Å². The molecule has 3 N–H and O–H groups in total. The van der Waals surface area contributed by atoms with Crippen LogP contribution in [0.5, 0.6) is 0 Å². The highest BCUT2D eigenvalue weighted by molar-refractivity contribution is 7.21. The van der Waals surface area contributed by atoms with Crippen molar-refractivity contribution in [2.75, 3.05) is 5.32 Å². The minimum atomic E-state index is -4.87. The average Bonchev–Trinajstić information content (AvgIpc) is 3.52. The summed E-state index contributed by atoms with van der Waals surface area (Å²) >= 11 is 0.536. The number of hydrogen-bond acceptors (Lipinski definition) is 5. The zero-order valence-corrected chi connectivity index (χ0v) is 21.8. The maximum absolute atomic E-state index is 13.7. The highest BCUT2D eigenvalue weighted by Crippen LogP contribution is 2.44. The second kappa shape index (κ2) is 10.1. The van der Waals surface area contributed by atoms with Crippen LogP contribution in [-0.2, 0) is 23.7 Å². The monoisotopic (exact) mass is 599 g/mol. The maximum Gasteiger partial charge on any atom is 0.435 e. The standard InChI is InChI=1S/C26H20F7N5O2S/c1-11(10-38-16(13-2-3-13)9-18(37-38)26(31,32)33)23(40)36-20-19-15(12-4-6-14(27)7-5-12)8-17(25(28,29)30)35-24(19)41-21(20)22(34)39/h4-9,11,13H,2-3,10H2,1H3,(H2,34,39)(H,36,40). The van der Waals surface area contributed by atoms with E-state index in [0.717, 1.165) is 28.9 Å². The first-order valence-electron chi connectivity index (χ1n) is 12.2. The van der Waals surface area contributed by atoms with Crippen LogP contribution >= 0.6 is 11.3 Å². The van der Waals surface area contributed by atoms with Gasteiger partial charge < -0.3 is 11.1 Å². The van der Waals surface area contributed by atoms with Crippen LogP contribution < -0.4 is 11.1 Å². The molecule has 1 saturated carbocycles. The summed E-state index contributed by atoms with van der Waals surface area (Å²) in [6.07, 6.45) is -8.17. The molecule has 0 aliphatic heterocycles. The van der Waals surface area contributed by atoms with E-state index in [0.29, 0.717) is 29.9 Å². The predicted octanol–water partition coefficient (Wildman–Crippen LogP) is 6.59. The third-order valence-electron chi connectivity index (χ3n) is 6.57. The smallest absolute Gasteiger partial charge is 0.365 e. The van der Waals surface area contributed by atoms with Gasteiger partial charge >= 0.3 is 12.4 Å². The summed E-state index contributed by atoms with van der Waals surface area (Å²) < 4.78 is 95.6. The second-order valence-corrected chi connectivity index (χ2v) is 10.7. The Balaban J connectivity index is 1.55. The van der Waals surface area contributed by atoms with E-state index in [-0.39, 0.29) is 44.4 Å². The molecule has 3 aromatic heterocycles. The van der Waals surface area contributed by atoms with E-state index in [1.54, 1.807) is 0 Å². The molecule has 0 bridgehead atoms. The van der Waals surface area contributed by atoms with Gasteiger partial charge in [-0.05, 0) is 48.2 Å². The Morgan fingerprint density at radius 2 is 1.71 bits per heavy atom. The van der Waals surface area contributed by atoms with Crippen molar-refractivity contribution >= 4 is 39.1 Å². The van der Waals surface area contributed by atoms with Crippen molar-refractivity contribution in [2.24, 2.45) is 11.7 Å². The Kier molecular flexibility index (Phi) is 7.04. The number of fused-ring (bicyclic) bond motifs is 1. The molecular formula is C26H20F7N5O2S. The van der Waals surface area contributed by atoms with Crippen LogP contribution in [0.25, 0.3) is 21.3 Å². The highest BCUT2D eigenvalue weighted by Gasteiger charge is 2.39. The molecule has 0 saturated heterocycles. The lowest BCUT2D eigenvalue weighted by Gasteiger charge is -2.16. The zero-order valence-electron chi connectivity index (χ0n) is 21.0. The van der Waals surface area contributed by atoms with Crippen molar-refractivity contribution < 1.29 is 40.3 Å². The first-order valence-corrected chi connectivity index (χ1v) is 13.0. The number of benzene rings is 1. The Morgan fingerprint density at radius 1 is 1.07 bits per heavy atom. The van der Waals surface area contributed by atoms with Gasteiger partial charge in [0.1, 0.15) is 21.2 Å². The number of primary amides is 1. The molecule has 1 aromatic carbocycles. The zero-order chi connectivity index (χ0) is 29.9. The number of anilines is 1. The summed E-state index contributed by atoms with van der Waals surface area (Å²) in [5.74, 6) is -3.53. The first kappa shape index (κ1) is 28.5. The Bertz CT molecular complexity index is 1650. The largest absolute Gasteiger partial charge is 0.435 e. The number of nitrogens with one attached hydrogen (secondary N) is 1. The molecule has 1 aliphatic carbocycles. The molecule has 15 heteroatoms. The normalized spacial score (nSPS) is 14.8. The van der Waals surface area contributed by atoms with E-state index in [2.05, 4.69) is 15.4 Å². The number of aromatic nitrogens is 3. The molecule has 5 rings (SSSR count). The number of thiophene rings is 1. The molecule has 3 heterocycles. The fourth-order valence-corrected chi connectivity index (χ4v) is 5.41. The minimum absolute atomic E-state index is 0.0268. The van der Waals surface area contributed by atoms with Crippen molar-refractivity contribution in [3.05, 3.63) is 64.2 Å². The van der Waals surface area contributed by atoms with Gasteiger partial charge in [-0.25, -0.2) is 9.37 Å². The number of rotatable bonds is 7. The lowest BCUT2D eigenvalue weighted by Crippen LogP contribution is -2.26. The quantitative estimate of drug-likeness (QED) is 0.234. The van der Waals surface area contributed by atoms with Crippen LogP contribution in [0.1, 0.15) is 52.4 Å². The molecule has 216 valence electrons. The van der Waals surface area contributed by atoms with Crippen LogP contribution in [0, 0.1) is 11.7 Å². The predicted molar refractivity (Wildman–Crippen MR) is 136 cm³/mol. The second-order valence-electron chi connectivity index (χ2n) is 9.71. The first-order chi connectivity index (χ1) is 19.1. The topological polar surface area (TPSA) is 103 Å². The summed E-state index contributed by atoms with van der Waals surface area (Å²) in [5, 5.41) is 6.15. The highest BCUT2D eigenvalue weighted by atomic mass is 32.1. The van der Waals surface area contributed by atoms with Gasteiger partial charge in [0.25, 0.3) is 5.91 Å². The summed E-state index contributed by atoms with van der Waals surface area (Å²) in [5.41, 5.74) is 3.33. The maximum atomic E-state index is 13.7. The summed E-state index contributed by atoms with van der Waals surface area (Å²) in [6, 6.07) is 6.21. The van der Waals surface area contributed by atoms with Gasteiger partial charge in [-0.3, -0.25) is 14.3 Å². The van der Waals surface area contributed by atoms with Gasteiger partial charge in [0, 0.05) is 17.0 Å². The SMILES string of the molecule is CC(Cn1nc(C(F)(F)F)cc1C1CC1)C(=O)Nc1c(C(N)=O)sc2nc(C(F)(F)F)cc(-c3ccc(F)cc3)c12. The number of carbonyl (C=O) groups is 2. The van der Waals surface area contributed by atoms with Crippen molar-refractivity contribution in [1.82, 2.24) is 14.8 Å². The lowest BCUT2D eigenvalue weighted by atomic mass is 10.0. The third kappa shape index (κ3) is 5.76. The molecule has 1 fully saturated rings. The Morgan fingerprint density at radius 3 is 2.27 bits per heavy atom. The van der Waals surface area contributed by atoms with Crippen LogP contribution in [0.3, 0.4) is 0 Å². The Hall–Kier alpha value is -4.01. The molecule has 0 spiro atoms. The Labute approximate surface area is 231 Å². The number of hydrogen-bond donors (Lipinski definition) is 2. The van der Waals surface area contributed by atoms with Gasteiger partial charge in [0.2, 0.25) is 5.91 Å². The van der Waals surface area contributed by atoms with E-state index >= 15 is 0 Å². The van der Waals surface area contributed by atoms with Gasteiger partial charge in [0.05, 0.1) is 18.2 Å². The number of nitrogens with zero attached hydrogens (tertiary/aromatic N) is 3. The summed E-state index contributed by atoms with van der Waals surface area (Å²) in [6.45, 7) is 1.20. The van der Waals surface area contributed by atoms with Crippen LogP contribution in [-0.4, -0.2) is 26.6 Å². The number of amides is 2. The van der Waals surface area contributed by atoms with Gasteiger partial charge in [-0.2, -0.15) is 31.4 Å². The minimum Gasteiger partial charge on any atom is -0.365 e. The summed E-state index contributed by atoms with van der Waals surface area (Å²) in [7, 11) is 0.